The van der Waals surface area contributed by atoms with Crippen molar-refractivity contribution in [3.63, 3.8) is 0 Å². The highest BCUT2D eigenvalue weighted by Crippen LogP contribution is 2.07. The third-order valence-electron chi connectivity index (χ3n) is 2.58. The van der Waals surface area contributed by atoms with E-state index in [1.54, 1.807) is 23.0 Å². The van der Waals surface area contributed by atoms with E-state index in [4.69, 9.17) is 11.6 Å². The number of aromatic nitrogens is 2. The molecule has 0 radical (unpaired) electrons. The summed E-state index contributed by atoms with van der Waals surface area (Å²) in [6, 6.07) is 7.25. The van der Waals surface area contributed by atoms with Crippen molar-refractivity contribution in [1.82, 2.24) is 15.1 Å². The van der Waals surface area contributed by atoms with Crippen molar-refractivity contribution in [3.8, 4) is 0 Å². The second kappa shape index (κ2) is 5.69. The van der Waals surface area contributed by atoms with E-state index < -0.39 is 0 Å². The van der Waals surface area contributed by atoms with Crippen molar-refractivity contribution in [2.24, 2.45) is 7.05 Å². The molecule has 4 nitrogen and oxygen atoms in total. The van der Waals surface area contributed by atoms with E-state index in [0.29, 0.717) is 18.0 Å². The lowest BCUT2D eigenvalue weighted by atomic mass is 10.1. The van der Waals surface area contributed by atoms with Crippen LogP contribution in [0, 0.1) is 0 Å². The van der Waals surface area contributed by atoms with Crippen molar-refractivity contribution in [3.05, 3.63) is 53.3 Å². The minimum Gasteiger partial charge on any atom is -0.348 e. The molecule has 1 aromatic carbocycles. The Bertz CT molecular complexity index is 533. The molecule has 1 heterocycles. The van der Waals surface area contributed by atoms with Crippen LogP contribution in [0.4, 0.5) is 0 Å². The first-order valence-electron chi connectivity index (χ1n) is 5.59. The number of amides is 1. The Balaban J connectivity index is 1.94. The van der Waals surface area contributed by atoms with Gasteiger partial charge < -0.3 is 5.32 Å². The van der Waals surface area contributed by atoms with Gasteiger partial charge in [0, 0.05) is 36.8 Å². The molecule has 18 heavy (non-hydrogen) atoms. The molecule has 0 saturated heterocycles. The Morgan fingerprint density at radius 3 is 2.61 bits per heavy atom. The number of nitrogens with one attached hydrogen (secondary N) is 1. The van der Waals surface area contributed by atoms with Gasteiger partial charge in [-0.3, -0.25) is 9.48 Å². The number of carbonyl (C=O) groups is 1. The Labute approximate surface area is 111 Å². The van der Waals surface area contributed by atoms with Crippen LogP contribution in [0.15, 0.2) is 36.7 Å². The highest BCUT2D eigenvalue weighted by atomic mass is 35.5. The maximum absolute atomic E-state index is 11.9. The van der Waals surface area contributed by atoms with Gasteiger partial charge in [0.25, 0.3) is 5.91 Å². The lowest BCUT2D eigenvalue weighted by Crippen LogP contribution is -2.22. The third kappa shape index (κ3) is 3.11. The summed E-state index contributed by atoms with van der Waals surface area (Å²) >= 11 is 5.69. The Kier molecular flexibility index (Phi) is 3.99. The average Bonchev–Trinajstić information content (AvgIpc) is 2.82. The monoisotopic (exact) mass is 263 g/mol. The van der Waals surface area contributed by atoms with Crippen molar-refractivity contribution in [2.45, 2.75) is 12.4 Å². The van der Waals surface area contributed by atoms with E-state index in [2.05, 4.69) is 10.4 Å². The third-order valence-corrected chi connectivity index (χ3v) is 2.89. The number of hydrogen-bond acceptors (Lipinski definition) is 2. The number of benzene rings is 1. The summed E-state index contributed by atoms with van der Waals surface area (Å²) in [6.07, 6.45) is 3.60. The highest BCUT2D eigenvalue weighted by Gasteiger charge is 2.05. The molecule has 94 valence electrons. The van der Waals surface area contributed by atoms with E-state index >= 15 is 0 Å². The van der Waals surface area contributed by atoms with E-state index in [0.717, 1.165) is 11.1 Å². The van der Waals surface area contributed by atoms with Crippen LogP contribution in [0.3, 0.4) is 0 Å². The van der Waals surface area contributed by atoms with Gasteiger partial charge in [-0.2, -0.15) is 5.10 Å². The van der Waals surface area contributed by atoms with E-state index in [9.17, 15) is 4.79 Å². The molecule has 0 saturated carbocycles. The molecule has 1 aromatic heterocycles. The van der Waals surface area contributed by atoms with Gasteiger partial charge >= 0.3 is 0 Å². The largest absolute Gasteiger partial charge is 0.348 e. The molecule has 5 heteroatoms. The predicted octanol–water partition coefficient (Wildman–Crippen LogP) is 2.09. The molecule has 0 aliphatic carbocycles. The van der Waals surface area contributed by atoms with Gasteiger partial charge in [0.05, 0.1) is 6.20 Å². The van der Waals surface area contributed by atoms with Gasteiger partial charge in [0.1, 0.15) is 0 Å². The molecule has 0 aliphatic rings. The minimum atomic E-state index is -0.0972. The summed E-state index contributed by atoms with van der Waals surface area (Å²) in [5.41, 5.74) is 2.61. The standard InChI is InChI=1S/C13H14ClN3O/c1-17-9-11(8-16-17)7-15-13(18)12-4-2-10(6-14)3-5-12/h2-5,8-9H,6-7H2,1H3,(H,15,18). The first kappa shape index (κ1) is 12.6. The maximum Gasteiger partial charge on any atom is 0.251 e. The van der Waals surface area contributed by atoms with Gasteiger partial charge in [0.2, 0.25) is 0 Å². The zero-order valence-corrected chi connectivity index (χ0v) is 10.8. The molecule has 0 bridgehead atoms. The number of aryl methyl sites for hydroxylation is 1. The summed E-state index contributed by atoms with van der Waals surface area (Å²) in [5, 5.41) is 6.88. The van der Waals surface area contributed by atoms with Gasteiger partial charge in [-0.1, -0.05) is 12.1 Å². The minimum absolute atomic E-state index is 0.0972. The van der Waals surface area contributed by atoms with E-state index in [-0.39, 0.29) is 5.91 Å². The normalized spacial score (nSPS) is 10.3. The van der Waals surface area contributed by atoms with Crippen molar-refractivity contribution >= 4 is 17.5 Å². The van der Waals surface area contributed by atoms with Gasteiger partial charge in [-0.15, -0.1) is 11.6 Å². The van der Waals surface area contributed by atoms with Crippen molar-refractivity contribution in [1.29, 1.82) is 0 Å². The first-order chi connectivity index (χ1) is 8.69. The van der Waals surface area contributed by atoms with Crippen LogP contribution in [-0.4, -0.2) is 15.7 Å². The van der Waals surface area contributed by atoms with Crippen LogP contribution in [0.5, 0.6) is 0 Å². The summed E-state index contributed by atoms with van der Waals surface area (Å²) < 4.78 is 1.71. The van der Waals surface area contributed by atoms with Crippen molar-refractivity contribution in [2.75, 3.05) is 0 Å². The maximum atomic E-state index is 11.9. The lowest BCUT2D eigenvalue weighted by molar-refractivity contribution is 0.0951. The molecule has 2 aromatic rings. The number of halogens is 1. The number of carbonyl (C=O) groups excluding carboxylic acids is 1. The van der Waals surface area contributed by atoms with Gasteiger partial charge in [0.15, 0.2) is 0 Å². The van der Waals surface area contributed by atoms with Crippen LogP contribution in [0.25, 0.3) is 0 Å². The van der Waals surface area contributed by atoms with Crippen LogP contribution in [0.2, 0.25) is 0 Å². The molecule has 0 fully saturated rings. The quantitative estimate of drug-likeness (QED) is 0.859. The number of nitrogens with zero attached hydrogens (tertiary/aromatic N) is 2. The molecule has 2 rings (SSSR count). The number of alkyl halides is 1. The smallest absolute Gasteiger partial charge is 0.251 e. The summed E-state index contributed by atoms with van der Waals surface area (Å²) in [5.74, 6) is 0.359. The van der Waals surface area contributed by atoms with E-state index in [1.165, 1.54) is 0 Å². The topological polar surface area (TPSA) is 46.9 Å². The average molecular weight is 264 g/mol. The zero-order valence-electron chi connectivity index (χ0n) is 10.1. The summed E-state index contributed by atoms with van der Waals surface area (Å²) in [7, 11) is 1.84. The first-order valence-corrected chi connectivity index (χ1v) is 6.13. The SMILES string of the molecule is Cn1cc(CNC(=O)c2ccc(CCl)cc2)cn1. The van der Waals surface area contributed by atoms with Crippen LogP contribution < -0.4 is 5.32 Å². The Hall–Kier alpha value is -1.81. The summed E-state index contributed by atoms with van der Waals surface area (Å²) in [4.78, 5) is 11.9. The second-order valence-electron chi connectivity index (χ2n) is 4.04. The fraction of sp³-hybridized carbons (Fsp3) is 0.231. The molecule has 0 aliphatic heterocycles. The molecule has 0 unspecified atom stereocenters. The highest BCUT2D eigenvalue weighted by molar-refractivity contribution is 6.17. The van der Waals surface area contributed by atoms with Crippen LogP contribution in [-0.2, 0) is 19.5 Å². The molecule has 1 N–H and O–H groups in total. The number of hydrogen-bond donors (Lipinski definition) is 1. The van der Waals surface area contributed by atoms with Crippen LogP contribution in [0.1, 0.15) is 21.5 Å². The van der Waals surface area contributed by atoms with E-state index in [1.807, 2.05) is 25.4 Å². The predicted molar refractivity (Wildman–Crippen MR) is 70.4 cm³/mol. The Morgan fingerprint density at radius 1 is 1.33 bits per heavy atom. The van der Waals surface area contributed by atoms with Gasteiger partial charge in [-0.25, -0.2) is 0 Å². The fourth-order valence-corrected chi connectivity index (χ4v) is 1.77. The molecule has 0 spiro atoms. The van der Waals surface area contributed by atoms with Gasteiger partial charge in [-0.05, 0) is 17.7 Å². The summed E-state index contributed by atoms with van der Waals surface area (Å²) in [6.45, 7) is 0.476. The lowest BCUT2D eigenvalue weighted by Gasteiger charge is -2.04. The second-order valence-corrected chi connectivity index (χ2v) is 4.30. The molecular formula is C13H14ClN3O. The van der Waals surface area contributed by atoms with Crippen LogP contribution >= 0.6 is 11.6 Å². The molecule has 0 atom stereocenters. The number of rotatable bonds is 4. The zero-order chi connectivity index (χ0) is 13.0. The molecule has 1 amide bonds. The van der Waals surface area contributed by atoms with Crippen molar-refractivity contribution < 1.29 is 4.79 Å². The molecular weight excluding hydrogens is 250 g/mol. The Morgan fingerprint density at radius 2 is 2.06 bits per heavy atom. The fourth-order valence-electron chi connectivity index (χ4n) is 1.59.